The summed E-state index contributed by atoms with van der Waals surface area (Å²) in [7, 11) is 3.53. The summed E-state index contributed by atoms with van der Waals surface area (Å²) in [5.41, 5.74) is 4.79. The van der Waals surface area contributed by atoms with E-state index >= 15 is 0 Å². The normalized spacial score (nSPS) is 23.4. The Bertz CT molecular complexity index is 868. The predicted octanol–water partition coefficient (Wildman–Crippen LogP) is 1.03. The molecule has 0 spiro atoms. The topological polar surface area (TPSA) is 96.9 Å². The minimum atomic E-state index is -0.922. The Labute approximate surface area is 190 Å². The molecule has 3 unspecified atom stereocenters. The quantitative estimate of drug-likeness (QED) is 0.464. The third-order valence-corrected chi connectivity index (χ3v) is 6.18. The highest BCUT2D eigenvalue weighted by Gasteiger charge is 2.32. The van der Waals surface area contributed by atoms with E-state index in [0.717, 1.165) is 43.5 Å². The van der Waals surface area contributed by atoms with Crippen LogP contribution >= 0.6 is 0 Å². The van der Waals surface area contributed by atoms with Crippen molar-refractivity contribution in [3.8, 4) is 0 Å². The minimum absolute atomic E-state index is 0.0660. The Kier molecular flexibility index (Phi) is 7.07. The van der Waals surface area contributed by atoms with Crippen LogP contribution in [0.25, 0.3) is 0 Å². The molecule has 3 aliphatic rings. The monoisotopic (exact) mass is 441 g/mol. The fourth-order valence-electron chi connectivity index (χ4n) is 4.17. The molecule has 1 amide bonds. The third-order valence-electron chi connectivity index (χ3n) is 6.18. The van der Waals surface area contributed by atoms with Crippen molar-refractivity contribution in [2.45, 2.75) is 38.5 Å². The summed E-state index contributed by atoms with van der Waals surface area (Å²) in [6.07, 6.45) is 10.4. The van der Waals surface area contributed by atoms with Crippen LogP contribution in [-0.4, -0.2) is 77.2 Å². The standard InChI is InChI=1S/C23H35N7O2/c1-4-9-29(12-16-5-6-16)21-11-20(24-15-25-21)23(32)26-18-7-8-19-17(10-18)13-30(27-19)14-22(31)28(2)3/h7-8,10-11,15-17,19,23,26-27,32H,4-6,9,12-14H2,1-3H3. The van der Waals surface area contributed by atoms with Gasteiger partial charge >= 0.3 is 0 Å². The van der Waals surface area contributed by atoms with Gasteiger partial charge in [0.15, 0.2) is 6.23 Å². The van der Waals surface area contributed by atoms with E-state index in [0.29, 0.717) is 12.2 Å². The van der Waals surface area contributed by atoms with Crippen LogP contribution < -0.4 is 15.6 Å². The van der Waals surface area contributed by atoms with E-state index in [9.17, 15) is 9.90 Å². The van der Waals surface area contributed by atoms with Gasteiger partial charge in [-0.3, -0.25) is 4.79 Å². The Morgan fingerprint density at radius 1 is 1.38 bits per heavy atom. The number of carbonyl (C=O) groups excluding carboxylic acids is 1. The lowest BCUT2D eigenvalue weighted by Gasteiger charge is -2.24. The van der Waals surface area contributed by atoms with Crippen molar-refractivity contribution in [1.29, 1.82) is 0 Å². The fourth-order valence-corrected chi connectivity index (χ4v) is 4.17. The molecule has 2 fully saturated rings. The molecule has 0 bridgehead atoms. The molecule has 9 nitrogen and oxygen atoms in total. The van der Waals surface area contributed by atoms with Gasteiger partial charge in [-0.2, -0.15) is 0 Å². The van der Waals surface area contributed by atoms with E-state index in [1.807, 2.05) is 17.2 Å². The van der Waals surface area contributed by atoms with Gasteiger partial charge in [0.2, 0.25) is 5.91 Å². The van der Waals surface area contributed by atoms with Gasteiger partial charge in [0.05, 0.1) is 12.2 Å². The van der Waals surface area contributed by atoms with Gasteiger partial charge in [-0.1, -0.05) is 19.1 Å². The highest BCUT2D eigenvalue weighted by Crippen LogP contribution is 2.31. The molecule has 1 aliphatic heterocycles. The smallest absolute Gasteiger partial charge is 0.237 e. The third kappa shape index (κ3) is 5.65. The van der Waals surface area contributed by atoms with Gasteiger partial charge in [0.25, 0.3) is 0 Å². The number of aliphatic hydroxyl groups excluding tert-OH is 1. The first-order valence-electron chi connectivity index (χ1n) is 11.6. The molecule has 2 heterocycles. The highest BCUT2D eigenvalue weighted by molar-refractivity contribution is 5.77. The molecule has 3 N–H and O–H groups in total. The zero-order chi connectivity index (χ0) is 22.7. The summed E-state index contributed by atoms with van der Waals surface area (Å²) in [5.74, 6) is 1.93. The predicted molar refractivity (Wildman–Crippen MR) is 123 cm³/mol. The lowest BCUT2D eigenvalue weighted by molar-refractivity contribution is -0.130. The number of aliphatic hydroxyl groups is 1. The molecule has 1 saturated carbocycles. The number of likely N-dealkylation sites (N-methyl/N-ethyl adjacent to an activating group) is 1. The second kappa shape index (κ2) is 9.97. The van der Waals surface area contributed by atoms with Gasteiger partial charge in [0.1, 0.15) is 12.1 Å². The number of anilines is 1. The lowest BCUT2D eigenvalue weighted by atomic mass is 9.95. The van der Waals surface area contributed by atoms with Crippen LogP contribution in [0.4, 0.5) is 5.82 Å². The molecule has 9 heteroatoms. The van der Waals surface area contributed by atoms with Gasteiger partial charge in [-0.05, 0) is 31.3 Å². The second-order valence-electron chi connectivity index (χ2n) is 9.21. The first-order valence-corrected chi connectivity index (χ1v) is 11.6. The number of aromatic nitrogens is 2. The number of nitrogens with zero attached hydrogens (tertiary/aromatic N) is 5. The van der Waals surface area contributed by atoms with Crippen molar-refractivity contribution in [2.75, 3.05) is 45.2 Å². The minimum Gasteiger partial charge on any atom is -0.368 e. The second-order valence-corrected chi connectivity index (χ2v) is 9.21. The van der Waals surface area contributed by atoms with E-state index in [-0.39, 0.29) is 17.9 Å². The number of nitrogens with one attached hydrogen (secondary N) is 2. The highest BCUT2D eigenvalue weighted by atomic mass is 16.3. The number of hydrogen-bond acceptors (Lipinski definition) is 8. The number of fused-ring (bicyclic) bond motifs is 1. The van der Waals surface area contributed by atoms with E-state index in [1.165, 1.54) is 19.2 Å². The average molecular weight is 442 g/mol. The van der Waals surface area contributed by atoms with Crippen LogP contribution in [0.15, 0.2) is 36.3 Å². The van der Waals surface area contributed by atoms with Crippen LogP contribution in [0, 0.1) is 11.8 Å². The summed E-state index contributed by atoms with van der Waals surface area (Å²) < 4.78 is 0. The molecule has 1 aromatic rings. The van der Waals surface area contributed by atoms with Crippen LogP contribution in [-0.2, 0) is 4.79 Å². The average Bonchev–Trinajstić information content (AvgIpc) is 3.50. The molecule has 174 valence electrons. The maximum atomic E-state index is 12.0. The molecular formula is C23H35N7O2. The molecular weight excluding hydrogens is 406 g/mol. The van der Waals surface area contributed by atoms with Gasteiger partial charge in [0, 0.05) is 57.5 Å². The zero-order valence-corrected chi connectivity index (χ0v) is 19.2. The van der Waals surface area contributed by atoms with Crippen LogP contribution in [0.1, 0.15) is 38.1 Å². The number of allylic oxidation sites excluding steroid dienone is 1. The van der Waals surface area contributed by atoms with Crippen molar-refractivity contribution in [3.05, 3.63) is 42.0 Å². The summed E-state index contributed by atoms with van der Waals surface area (Å²) in [6.45, 7) is 5.22. The number of amides is 1. The van der Waals surface area contributed by atoms with Gasteiger partial charge in [-0.25, -0.2) is 20.4 Å². The first-order chi connectivity index (χ1) is 15.4. The van der Waals surface area contributed by atoms with Crippen molar-refractivity contribution in [1.82, 2.24) is 30.6 Å². The van der Waals surface area contributed by atoms with Gasteiger partial charge in [-0.15, -0.1) is 0 Å². The SMILES string of the molecule is CCCN(CC1CC1)c1cc(C(O)NC2=CC3CN(CC(=O)N(C)C)NC3C=C2)ncn1. The van der Waals surface area contributed by atoms with Crippen LogP contribution in [0.2, 0.25) is 0 Å². The Hall–Kier alpha value is -2.49. The zero-order valence-electron chi connectivity index (χ0n) is 19.2. The Morgan fingerprint density at radius 2 is 2.19 bits per heavy atom. The van der Waals surface area contributed by atoms with Gasteiger partial charge < -0.3 is 20.2 Å². The van der Waals surface area contributed by atoms with Crippen molar-refractivity contribution in [2.24, 2.45) is 11.8 Å². The molecule has 3 atom stereocenters. The molecule has 0 aromatic carbocycles. The van der Waals surface area contributed by atoms with Crippen molar-refractivity contribution < 1.29 is 9.90 Å². The largest absolute Gasteiger partial charge is 0.368 e. The van der Waals surface area contributed by atoms with Crippen LogP contribution in [0.5, 0.6) is 0 Å². The van der Waals surface area contributed by atoms with E-state index in [4.69, 9.17) is 0 Å². The Balaban J connectivity index is 1.37. The van der Waals surface area contributed by atoms with Crippen molar-refractivity contribution >= 4 is 11.7 Å². The molecule has 1 saturated heterocycles. The fraction of sp³-hybridized carbons (Fsp3) is 0.609. The number of carbonyl (C=O) groups is 1. The van der Waals surface area contributed by atoms with Crippen molar-refractivity contribution in [3.63, 3.8) is 0 Å². The molecule has 1 aromatic heterocycles. The number of hydrazine groups is 1. The summed E-state index contributed by atoms with van der Waals surface area (Å²) in [4.78, 5) is 24.7. The molecule has 4 rings (SSSR count). The maximum absolute atomic E-state index is 12.0. The molecule has 32 heavy (non-hydrogen) atoms. The number of rotatable bonds is 10. The molecule has 0 radical (unpaired) electrons. The summed E-state index contributed by atoms with van der Waals surface area (Å²) in [6, 6.07) is 2.04. The van der Waals surface area contributed by atoms with E-state index < -0.39 is 6.23 Å². The molecule has 2 aliphatic carbocycles. The first kappa shape index (κ1) is 22.7. The van der Waals surface area contributed by atoms with E-state index in [2.05, 4.69) is 44.7 Å². The summed E-state index contributed by atoms with van der Waals surface area (Å²) >= 11 is 0. The number of hydrogen-bond donors (Lipinski definition) is 3. The maximum Gasteiger partial charge on any atom is 0.237 e. The summed E-state index contributed by atoms with van der Waals surface area (Å²) in [5, 5.41) is 15.9. The van der Waals surface area contributed by atoms with E-state index in [1.54, 1.807) is 19.0 Å². The van der Waals surface area contributed by atoms with Crippen LogP contribution in [0.3, 0.4) is 0 Å². The Morgan fingerprint density at radius 3 is 2.91 bits per heavy atom. The lowest BCUT2D eigenvalue weighted by Crippen LogP contribution is -2.42.